The largest absolute Gasteiger partial charge is 0.287 e. The van der Waals surface area contributed by atoms with Gasteiger partial charge in [0.05, 0.1) is 28.1 Å². The molecule has 1 atom stereocenters. The maximum atomic E-state index is 4.65. The van der Waals surface area contributed by atoms with Crippen LogP contribution in [-0.2, 0) is 12.1 Å². The van der Waals surface area contributed by atoms with Crippen molar-refractivity contribution in [1.82, 2.24) is 24.5 Å². The number of aromatic nitrogens is 4. The van der Waals surface area contributed by atoms with Crippen molar-refractivity contribution in [2.45, 2.75) is 38.8 Å². The summed E-state index contributed by atoms with van der Waals surface area (Å²) in [5.74, 6) is 0. The van der Waals surface area contributed by atoms with E-state index in [0.29, 0.717) is 0 Å². The summed E-state index contributed by atoms with van der Waals surface area (Å²) in [6, 6.07) is 4.14. The second-order valence-corrected chi connectivity index (χ2v) is 6.88. The molecule has 0 amide bonds. The van der Waals surface area contributed by atoms with Crippen LogP contribution in [0.5, 0.6) is 0 Å². The fourth-order valence-corrected chi connectivity index (χ4v) is 4.04. The number of hydrogen-bond donors (Lipinski definition) is 0. The SMILES string of the molecule is Cc1cc2nccc([C@@]3(C)CCCN3Cc3cscn3)n2n1. The van der Waals surface area contributed by atoms with E-state index in [1.165, 1.54) is 12.1 Å². The van der Waals surface area contributed by atoms with Crippen molar-refractivity contribution in [3.63, 3.8) is 0 Å². The van der Waals surface area contributed by atoms with E-state index >= 15 is 0 Å². The van der Waals surface area contributed by atoms with Crippen molar-refractivity contribution < 1.29 is 0 Å². The molecule has 0 aromatic carbocycles. The Morgan fingerprint density at radius 1 is 1.36 bits per heavy atom. The van der Waals surface area contributed by atoms with Crippen LogP contribution in [0.4, 0.5) is 0 Å². The molecular formula is C16H19N5S. The summed E-state index contributed by atoms with van der Waals surface area (Å²) in [6.07, 6.45) is 4.23. The van der Waals surface area contributed by atoms with Gasteiger partial charge in [-0.25, -0.2) is 14.5 Å². The van der Waals surface area contributed by atoms with Gasteiger partial charge < -0.3 is 0 Å². The second kappa shape index (κ2) is 5.14. The van der Waals surface area contributed by atoms with Crippen LogP contribution in [-0.4, -0.2) is 31.0 Å². The van der Waals surface area contributed by atoms with Crippen molar-refractivity contribution >= 4 is 17.0 Å². The van der Waals surface area contributed by atoms with Crippen LogP contribution in [0, 0.1) is 6.92 Å². The first kappa shape index (κ1) is 13.8. The van der Waals surface area contributed by atoms with E-state index < -0.39 is 0 Å². The minimum Gasteiger partial charge on any atom is -0.287 e. The first-order chi connectivity index (χ1) is 10.7. The Labute approximate surface area is 133 Å². The predicted molar refractivity (Wildman–Crippen MR) is 86.8 cm³/mol. The van der Waals surface area contributed by atoms with E-state index in [4.69, 9.17) is 0 Å². The summed E-state index contributed by atoms with van der Waals surface area (Å²) in [6.45, 7) is 6.32. The Kier molecular flexibility index (Phi) is 3.23. The summed E-state index contributed by atoms with van der Waals surface area (Å²) in [5.41, 5.74) is 6.19. The lowest BCUT2D eigenvalue weighted by Gasteiger charge is -2.35. The molecule has 4 heterocycles. The van der Waals surface area contributed by atoms with Gasteiger partial charge in [0.2, 0.25) is 0 Å². The Balaban J connectivity index is 1.77. The minimum atomic E-state index is -0.0245. The van der Waals surface area contributed by atoms with Crippen LogP contribution in [0.25, 0.3) is 5.65 Å². The first-order valence-electron chi connectivity index (χ1n) is 7.61. The number of rotatable bonds is 3. The summed E-state index contributed by atoms with van der Waals surface area (Å²) in [7, 11) is 0. The first-order valence-corrected chi connectivity index (χ1v) is 8.55. The van der Waals surface area contributed by atoms with Gasteiger partial charge in [-0.05, 0) is 39.3 Å². The number of fused-ring (bicyclic) bond motifs is 1. The van der Waals surface area contributed by atoms with Gasteiger partial charge in [0.25, 0.3) is 0 Å². The summed E-state index contributed by atoms with van der Waals surface area (Å²) in [4.78, 5) is 11.4. The summed E-state index contributed by atoms with van der Waals surface area (Å²) >= 11 is 1.66. The van der Waals surface area contributed by atoms with Crippen LogP contribution < -0.4 is 0 Å². The molecule has 0 bridgehead atoms. The zero-order valence-corrected chi connectivity index (χ0v) is 13.7. The van der Waals surface area contributed by atoms with E-state index in [1.54, 1.807) is 11.3 Å². The minimum absolute atomic E-state index is 0.0245. The van der Waals surface area contributed by atoms with E-state index in [0.717, 1.165) is 36.5 Å². The van der Waals surface area contributed by atoms with E-state index in [2.05, 4.69) is 38.3 Å². The molecule has 3 aromatic heterocycles. The molecule has 5 nitrogen and oxygen atoms in total. The number of hydrogen-bond acceptors (Lipinski definition) is 5. The van der Waals surface area contributed by atoms with Gasteiger partial charge in [0, 0.05) is 24.2 Å². The van der Waals surface area contributed by atoms with Crippen molar-refractivity contribution in [3.8, 4) is 0 Å². The third-order valence-corrected chi connectivity index (χ3v) is 5.29. The molecule has 1 aliphatic rings. The molecule has 0 saturated carbocycles. The average molecular weight is 313 g/mol. The number of thiazole rings is 1. The summed E-state index contributed by atoms with van der Waals surface area (Å²) in [5, 5.41) is 6.79. The lowest BCUT2D eigenvalue weighted by atomic mass is 9.94. The van der Waals surface area contributed by atoms with Gasteiger partial charge in [-0.1, -0.05) is 0 Å². The Morgan fingerprint density at radius 2 is 2.27 bits per heavy atom. The average Bonchev–Trinajstić information content (AvgIpc) is 3.20. The van der Waals surface area contributed by atoms with E-state index in [1.807, 2.05) is 29.2 Å². The molecule has 0 spiro atoms. The van der Waals surface area contributed by atoms with Gasteiger partial charge in [0.15, 0.2) is 5.65 Å². The maximum absolute atomic E-state index is 4.65. The molecule has 3 aromatic rings. The highest BCUT2D eigenvalue weighted by Gasteiger charge is 2.40. The van der Waals surface area contributed by atoms with Crippen molar-refractivity contribution in [2.24, 2.45) is 0 Å². The van der Waals surface area contributed by atoms with Crippen LogP contribution in [0.15, 0.2) is 29.2 Å². The molecule has 114 valence electrons. The van der Waals surface area contributed by atoms with Gasteiger partial charge in [-0.3, -0.25) is 4.90 Å². The Bertz CT molecular complexity index is 794. The zero-order valence-electron chi connectivity index (χ0n) is 12.9. The standard InChI is InChI=1S/C16H19N5S/c1-12-8-15-17-6-4-14(21(15)19-12)16(2)5-3-7-20(16)9-13-10-22-11-18-13/h4,6,8,10-11H,3,5,7,9H2,1-2H3/t16-/m1/s1. The molecular weight excluding hydrogens is 294 g/mol. The number of nitrogens with zero attached hydrogens (tertiary/aromatic N) is 5. The normalized spacial score (nSPS) is 22.6. The lowest BCUT2D eigenvalue weighted by Crippen LogP contribution is -2.39. The highest BCUT2D eigenvalue weighted by molar-refractivity contribution is 7.07. The third-order valence-electron chi connectivity index (χ3n) is 4.66. The fourth-order valence-electron chi connectivity index (χ4n) is 3.49. The smallest absolute Gasteiger partial charge is 0.155 e. The van der Waals surface area contributed by atoms with Crippen LogP contribution >= 0.6 is 11.3 Å². The van der Waals surface area contributed by atoms with Gasteiger partial charge in [-0.15, -0.1) is 11.3 Å². The monoisotopic (exact) mass is 313 g/mol. The molecule has 0 radical (unpaired) electrons. The van der Waals surface area contributed by atoms with Crippen LogP contribution in [0.1, 0.15) is 36.8 Å². The molecule has 22 heavy (non-hydrogen) atoms. The highest BCUT2D eigenvalue weighted by atomic mass is 32.1. The highest BCUT2D eigenvalue weighted by Crippen LogP contribution is 2.39. The lowest BCUT2D eigenvalue weighted by molar-refractivity contribution is 0.138. The molecule has 1 aliphatic heterocycles. The molecule has 6 heteroatoms. The topological polar surface area (TPSA) is 46.3 Å². The van der Waals surface area contributed by atoms with Crippen LogP contribution in [0.2, 0.25) is 0 Å². The van der Waals surface area contributed by atoms with Crippen molar-refractivity contribution in [2.75, 3.05) is 6.54 Å². The molecule has 1 saturated heterocycles. The third kappa shape index (κ3) is 2.14. The van der Waals surface area contributed by atoms with E-state index in [9.17, 15) is 0 Å². The van der Waals surface area contributed by atoms with Crippen LogP contribution in [0.3, 0.4) is 0 Å². The van der Waals surface area contributed by atoms with Gasteiger partial charge >= 0.3 is 0 Å². The molecule has 0 unspecified atom stereocenters. The van der Waals surface area contributed by atoms with Gasteiger partial charge in [0.1, 0.15) is 0 Å². The molecule has 1 fully saturated rings. The molecule has 0 N–H and O–H groups in total. The fraction of sp³-hybridized carbons (Fsp3) is 0.438. The quantitative estimate of drug-likeness (QED) is 0.746. The maximum Gasteiger partial charge on any atom is 0.155 e. The Morgan fingerprint density at radius 3 is 3.09 bits per heavy atom. The zero-order chi connectivity index (χ0) is 15.2. The predicted octanol–water partition coefficient (Wildman–Crippen LogP) is 3.01. The summed E-state index contributed by atoms with van der Waals surface area (Å²) < 4.78 is 2.01. The Hall–Kier alpha value is -1.79. The molecule has 4 rings (SSSR count). The van der Waals surface area contributed by atoms with Crippen molar-refractivity contribution in [3.05, 3.63) is 46.3 Å². The second-order valence-electron chi connectivity index (χ2n) is 6.16. The van der Waals surface area contributed by atoms with E-state index in [-0.39, 0.29) is 5.54 Å². The number of aryl methyl sites for hydroxylation is 1. The number of likely N-dealkylation sites (tertiary alicyclic amines) is 1. The van der Waals surface area contributed by atoms with Gasteiger partial charge in [-0.2, -0.15) is 5.10 Å². The molecule has 0 aliphatic carbocycles. The van der Waals surface area contributed by atoms with Crippen molar-refractivity contribution in [1.29, 1.82) is 0 Å².